The molecule has 0 aliphatic carbocycles. The first kappa shape index (κ1) is 31.0. The van der Waals surface area contributed by atoms with Crippen LogP contribution in [0.5, 0.6) is 11.5 Å². The van der Waals surface area contributed by atoms with Gasteiger partial charge in [-0.25, -0.2) is 0 Å². The first-order valence-electron chi connectivity index (χ1n) is 15.7. The average Bonchev–Trinajstić information content (AvgIpc) is 3.04. The van der Waals surface area contributed by atoms with Gasteiger partial charge in [-0.3, -0.25) is 9.98 Å². The van der Waals surface area contributed by atoms with Gasteiger partial charge in [0.2, 0.25) is 0 Å². The van der Waals surface area contributed by atoms with E-state index >= 15 is 0 Å². The molecule has 1 aliphatic heterocycles. The number of rotatable bonds is 17. The number of nitrogens with zero attached hydrogens (tertiary/aromatic N) is 2. The fourth-order valence-corrected chi connectivity index (χ4v) is 4.93. The summed E-state index contributed by atoms with van der Waals surface area (Å²) < 4.78 is 11.9. The summed E-state index contributed by atoms with van der Waals surface area (Å²) in [5, 5.41) is 0. The molecule has 4 rings (SSSR count). The molecule has 1 aliphatic rings. The molecule has 3 aromatic rings. The Hall–Kier alpha value is -3.92. The third-order valence-corrected chi connectivity index (χ3v) is 7.52. The molecule has 0 spiro atoms. The average molecular weight is 563 g/mol. The van der Waals surface area contributed by atoms with Crippen LogP contribution in [0.15, 0.2) is 102 Å². The molecule has 0 atom stereocenters. The zero-order valence-electron chi connectivity index (χ0n) is 25.4. The van der Waals surface area contributed by atoms with Gasteiger partial charge >= 0.3 is 0 Å². The van der Waals surface area contributed by atoms with E-state index in [1.54, 1.807) is 0 Å². The van der Waals surface area contributed by atoms with Gasteiger partial charge < -0.3 is 9.47 Å². The van der Waals surface area contributed by atoms with Crippen LogP contribution in [0.2, 0.25) is 0 Å². The van der Waals surface area contributed by atoms with Crippen molar-refractivity contribution < 1.29 is 9.47 Å². The van der Waals surface area contributed by atoms with Gasteiger partial charge in [-0.15, -0.1) is 0 Å². The molecule has 0 unspecified atom stereocenters. The van der Waals surface area contributed by atoms with Crippen LogP contribution in [-0.2, 0) is 0 Å². The smallest absolute Gasteiger partial charge is 0.119 e. The number of pyridine rings is 1. The summed E-state index contributed by atoms with van der Waals surface area (Å²) in [5.74, 6) is 1.85. The molecule has 4 nitrogen and oxygen atoms in total. The van der Waals surface area contributed by atoms with Gasteiger partial charge in [0.15, 0.2) is 0 Å². The van der Waals surface area contributed by atoms with E-state index in [0.29, 0.717) is 0 Å². The van der Waals surface area contributed by atoms with Gasteiger partial charge in [-0.2, -0.15) is 0 Å². The van der Waals surface area contributed by atoms with Crippen LogP contribution in [0.3, 0.4) is 0 Å². The highest BCUT2D eigenvalue weighted by molar-refractivity contribution is 6.01. The van der Waals surface area contributed by atoms with Crippen LogP contribution in [0.1, 0.15) is 88.5 Å². The third-order valence-electron chi connectivity index (χ3n) is 7.52. The molecule has 0 radical (unpaired) electrons. The molecule has 0 N–H and O–H groups in total. The number of hydrogen-bond donors (Lipinski definition) is 0. The normalized spacial score (nSPS) is 14.4. The molecular weight excluding hydrogens is 516 g/mol. The highest BCUT2D eigenvalue weighted by Crippen LogP contribution is 2.35. The van der Waals surface area contributed by atoms with Crippen LogP contribution in [0.4, 0.5) is 0 Å². The summed E-state index contributed by atoms with van der Waals surface area (Å²) in [6.07, 6.45) is 25.2. The van der Waals surface area contributed by atoms with Crippen molar-refractivity contribution in [2.24, 2.45) is 10.4 Å². The van der Waals surface area contributed by atoms with Crippen LogP contribution < -0.4 is 9.47 Å². The third kappa shape index (κ3) is 10.2. The van der Waals surface area contributed by atoms with Crippen molar-refractivity contribution in [2.45, 2.75) is 71.6 Å². The number of unbranched alkanes of at least 4 members (excludes halogenated alkanes) is 6. The fraction of sp³-hybridized carbons (Fsp3) is 0.368. The second kappa shape index (κ2) is 17.1. The first-order valence-corrected chi connectivity index (χ1v) is 15.7. The van der Waals surface area contributed by atoms with Crippen LogP contribution >= 0.6 is 0 Å². The molecule has 0 amide bonds. The van der Waals surface area contributed by atoms with E-state index in [-0.39, 0.29) is 5.41 Å². The van der Waals surface area contributed by atoms with Crippen molar-refractivity contribution in [2.75, 3.05) is 13.2 Å². The standard InChI is InChI=1S/C38H46N2O2/c1-3-5-7-11-29-41-34-18-14-32(15-19-34)22-24-38(26-28-40-37(31-38)36-13-9-10-27-39-36)25-23-33-16-20-35(21-17-33)42-30-12-8-6-4-2/h9-10,13-28H,3-8,11-12,29-31H2,1-2H3/b24-22+,25-23+. The molecule has 0 bridgehead atoms. The minimum Gasteiger partial charge on any atom is -0.494 e. The van der Waals surface area contributed by atoms with Gasteiger partial charge in [0, 0.05) is 24.2 Å². The van der Waals surface area contributed by atoms with E-state index in [0.717, 1.165) is 66.5 Å². The number of aliphatic imine (C=N–C) groups is 1. The number of benzene rings is 2. The summed E-state index contributed by atoms with van der Waals surface area (Å²) in [4.78, 5) is 9.26. The number of aromatic nitrogens is 1. The van der Waals surface area contributed by atoms with Crippen molar-refractivity contribution in [3.8, 4) is 11.5 Å². The Kier molecular flexibility index (Phi) is 12.7. The number of ether oxygens (including phenoxy) is 2. The van der Waals surface area contributed by atoms with E-state index < -0.39 is 0 Å². The van der Waals surface area contributed by atoms with Crippen LogP contribution in [0, 0.1) is 5.41 Å². The number of hydrogen-bond acceptors (Lipinski definition) is 4. The summed E-state index contributed by atoms with van der Waals surface area (Å²) in [7, 11) is 0. The largest absolute Gasteiger partial charge is 0.494 e. The minimum absolute atomic E-state index is 0.336. The van der Waals surface area contributed by atoms with Gasteiger partial charge in [0.05, 0.1) is 24.6 Å². The first-order chi connectivity index (χ1) is 20.7. The Morgan fingerprint density at radius 1 is 0.690 bits per heavy atom. The predicted octanol–water partition coefficient (Wildman–Crippen LogP) is 10.1. The maximum absolute atomic E-state index is 5.94. The van der Waals surface area contributed by atoms with E-state index in [2.05, 4.69) is 97.7 Å². The molecule has 0 saturated carbocycles. The van der Waals surface area contributed by atoms with Crippen molar-refractivity contribution in [3.05, 3.63) is 114 Å². The Labute approximate surface area is 252 Å². The lowest BCUT2D eigenvalue weighted by Crippen LogP contribution is -2.21. The van der Waals surface area contributed by atoms with Gasteiger partial charge in [0.1, 0.15) is 11.5 Å². The SMILES string of the molecule is CCCCCCOc1ccc(/C=C/C2(/C=C/c3ccc(OCCCCCC)cc3)C=CN=C(c3ccccn3)C2)cc1. The highest BCUT2D eigenvalue weighted by Gasteiger charge is 2.27. The predicted molar refractivity (Wildman–Crippen MR) is 177 cm³/mol. The van der Waals surface area contributed by atoms with Gasteiger partial charge in [0.25, 0.3) is 0 Å². The monoisotopic (exact) mass is 562 g/mol. The zero-order valence-corrected chi connectivity index (χ0v) is 25.4. The van der Waals surface area contributed by atoms with Crippen LogP contribution in [0.25, 0.3) is 12.2 Å². The lowest BCUT2D eigenvalue weighted by atomic mass is 9.79. The lowest BCUT2D eigenvalue weighted by Gasteiger charge is -2.27. The van der Waals surface area contributed by atoms with Crippen molar-refractivity contribution >= 4 is 17.9 Å². The molecule has 42 heavy (non-hydrogen) atoms. The van der Waals surface area contributed by atoms with E-state index in [1.807, 2.05) is 30.6 Å². The molecule has 220 valence electrons. The molecule has 2 aromatic carbocycles. The summed E-state index contributed by atoms with van der Waals surface area (Å²) in [6.45, 7) is 6.00. The van der Waals surface area contributed by atoms with E-state index in [9.17, 15) is 0 Å². The van der Waals surface area contributed by atoms with E-state index in [4.69, 9.17) is 14.5 Å². The van der Waals surface area contributed by atoms with Gasteiger partial charge in [-0.1, -0.05) is 113 Å². The molecular formula is C38H46N2O2. The Morgan fingerprint density at radius 3 is 1.76 bits per heavy atom. The minimum atomic E-state index is -0.336. The molecule has 0 saturated heterocycles. The quantitative estimate of drug-likeness (QED) is 0.154. The van der Waals surface area contributed by atoms with Crippen molar-refractivity contribution in [1.82, 2.24) is 4.98 Å². The second-order valence-electron chi connectivity index (χ2n) is 11.0. The zero-order chi connectivity index (χ0) is 29.3. The topological polar surface area (TPSA) is 43.7 Å². The van der Waals surface area contributed by atoms with Gasteiger partial charge in [-0.05, 0) is 60.4 Å². The lowest BCUT2D eigenvalue weighted by molar-refractivity contribution is 0.305. The molecule has 2 heterocycles. The Bertz CT molecular complexity index is 1240. The summed E-state index contributed by atoms with van der Waals surface area (Å²) >= 11 is 0. The van der Waals surface area contributed by atoms with E-state index in [1.165, 1.54) is 38.5 Å². The fourth-order valence-electron chi connectivity index (χ4n) is 4.93. The van der Waals surface area contributed by atoms with Crippen molar-refractivity contribution in [1.29, 1.82) is 0 Å². The molecule has 1 aromatic heterocycles. The summed E-state index contributed by atoms with van der Waals surface area (Å²) in [6, 6.07) is 22.7. The number of allylic oxidation sites excluding steroid dienone is 3. The summed E-state index contributed by atoms with van der Waals surface area (Å²) in [5.41, 5.74) is 3.82. The van der Waals surface area contributed by atoms with Crippen LogP contribution in [-0.4, -0.2) is 23.9 Å². The maximum atomic E-state index is 5.94. The Morgan fingerprint density at radius 2 is 1.26 bits per heavy atom. The molecule has 4 heteroatoms. The van der Waals surface area contributed by atoms with Crippen molar-refractivity contribution in [3.63, 3.8) is 0 Å². The second-order valence-corrected chi connectivity index (χ2v) is 11.0. The Balaban J connectivity index is 1.46. The highest BCUT2D eigenvalue weighted by atomic mass is 16.5. The maximum Gasteiger partial charge on any atom is 0.119 e. The molecule has 0 fully saturated rings.